The van der Waals surface area contributed by atoms with Crippen molar-refractivity contribution in [1.82, 2.24) is 9.62 Å². The Labute approximate surface area is 190 Å². The smallest absolute Gasteiger partial charge is 0.326 e. The number of carbonyl (C=O) groups excluding carboxylic acids is 2. The first-order chi connectivity index (χ1) is 15.3. The average Bonchev–Trinajstić information content (AvgIpc) is 2.95. The number of ether oxygens (including phenoxy) is 1. The summed E-state index contributed by atoms with van der Waals surface area (Å²) in [7, 11) is 1.35. The molecule has 10 heteroatoms. The zero-order chi connectivity index (χ0) is 23.3. The molecule has 9 nitrogen and oxygen atoms in total. The number of primary amides is 1. The molecule has 0 aliphatic carbocycles. The van der Waals surface area contributed by atoms with Crippen molar-refractivity contribution in [1.29, 1.82) is 0 Å². The van der Waals surface area contributed by atoms with E-state index in [1.165, 1.54) is 11.4 Å². The molecule has 2 amide bonds. The quantitative estimate of drug-likeness (QED) is 0.441. The van der Waals surface area contributed by atoms with E-state index in [1.54, 1.807) is 37.3 Å². The van der Waals surface area contributed by atoms with Crippen molar-refractivity contribution in [2.75, 3.05) is 19.0 Å². The summed E-state index contributed by atoms with van der Waals surface area (Å²) in [6.45, 7) is 1.65. The second-order valence-corrected chi connectivity index (χ2v) is 8.26. The lowest BCUT2D eigenvalue weighted by atomic mass is 10.0. The summed E-state index contributed by atoms with van der Waals surface area (Å²) in [6, 6.07) is 14.0. The van der Waals surface area contributed by atoms with Crippen LogP contribution in [0.3, 0.4) is 0 Å². The average molecular weight is 459 g/mol. The van der Waals surface area contributed by atoms with Gasteiger partial charge in [-0.15, -0.1) is 0 Å². The number of benzene rings is 2. The molecule has 2 aromatic carbocycles. The molecule has 0 fully saturated rings. The van der Waals surface area contributed by atoms with Crippen LogP contribution in [0.1, 0.15) is 24.9 Å². The summed E-state index contributed by atoms with van der Waals surface area (Å²) in [4.78, 5) is 38.6. The molecular formula is C22H26N4O5S. The summed E-state index contributed by atoms with van der Waals surface area (Å²) >= 11 is 1.15. The molecule has 1 aliphatic rings. The second kappa shape index (κ2) is 10.0. The summed E-state index contributed by atoms with van der Waals surface area (Å²) in [6.07, 6.45) is 0.200. The van der Waals surface area contributed by atoms with Gasteiger partial charge in [0.1, 0.15) is 12.1 Å². The molecule has 32 heavy (non-hydrogen) atoms. The Morgan fingerprint density at radius 2 is 1.88 bits per heavy atom. The fraction of sp³-hybridized carbons (Fsp3) is 0.318. The van der Waals surface area contributed by atoms with Crippen LogP contribution >= 0.6 is 11.9 Å². The number of hydrogen-bond donors (Lipinski definition) is 4. The maximum Gasteiger partial charge on any atom is 0.326 e. The highest BCUT2D eigenvalue weighted by Gasteiger charge is 2.51. The Balaban J connectivity index is 2.15. The number of carboxylic acids is 1. The lowest BCUT2D eigenvalue weighted by Gasteiger charge is -2.41. The van der Waals surface area contributed by atoms with Crippen molar-refractivity contribution < 1.29 is 24.2 Å². The van der Waals surface area contributed by atoms with Crippen molar-refractivity contribution in [3.05, 3.63) is 60.2 Å². The van der Waals surface area contributed by atoms with Crippen LogP contribution in [0.25, 0.3) is 0 Å². The Morgan fingerprint density at radius 1 is 1.22 bits per heavy atom. The number of nitrogens with zero attached hydrogens (tertiary/aromatic N) is 1. The van der Waals surface area contributed by atoms with Gasteiger partial charge in [0, 0.05) is 17.7 Å². The maximum atomic E-state index is 13.5. The van der Waals surface area contributed by atoms with Crippen molar-refractivity contribution >= 4 is 35.4 Å². The first-order valence-electron chi connectivity index (χ1n) is 10.1. The fourth-order valence-corrected chi connectivity index (χ4v) is 4.79. The van der Waals surface area contributed by atoms with Crippen LogP contribution in [0.15, 0.2) is 59.5 Å². The Bertz CT molecular complexity index is 989. The number of carboxylic acid groups (broad SMARTS) is 1. The molecule has 2 aromatic rings. The fourth-order valence-electron chi connectivity index (χ4n) is 3.50. The van der Waals surface area contributed by atoms with Crippen LogP contribution in [0.5, 0.6) is 0 Å². The minimum absolute atomic E-state index is 0.0183. The molecule has 5 N–H and O–H groups in total. The number of para-hydroxylation sites is 1. The Kier molecular flexibility index (Phi) is 7.39. The van der Waals surface area contributed by atoms with Gasteiger partial charge in [0.25, 0.3) is 5.91 Å². The molecule has 0 saturated heterocycles. The number of hydrogen-bond acceptors (Lipinski definition) is 7. The summed E-state index contributed by atoms with van der Waals surface area (Å²) in [5.74, 6) is -2.51. The summed E-state index contributed by atoms with van der Waals surface area (Å²) in [5.41, 5.74) is 5.42. The van der Waals surface area contributed by atoms with Gasteiger partial charge in [0.05, 0.1) is 6.54 Å². The minimum atomic E-state index is -1.70. The zero-order valence-corrected chi connectivity index (χ0v) is 18.6. The van der Waals surface area contributed by atoms with Gasteiger partial charge >= 0.3 is 5.97 Å². The number of carbonyl (C=O) groups is 3. The van der Waals surface area contributed by atoms with Gasteiger partial charge in [-0.1, -0.05) is 49.4 Å². The van der Waals surface area contributed by atoms with Crippen molar-refractivity contribution in [2.45, 2.75) is 36.0 Å². The number of rotatable bonds is 8. The standard InChI is InChI=1S/C22H26N4O5S/c1-3-15(20(28)29)25-19(27)18(14-9-5-4-6-10-14)26-22(31-2,21(23)30)13-24-16-11-7-8-12-17(16)32-26/h4-12,15,18,24H,3,13H2,1-2H3,(H2,23,30)(H,25,27)(H,28,29)/t15-,18+,22?/m0/s1. The van der Waals surface area contributed by atoms with E-state index in [2.05, 4.69) is 10.6 Å². The van der Waals surface area contributed by atoms with Gasteiger partial charge < -0.3 is 26.2 Å². The van der Waals surface area contributed by atoms with E-state index in [4.69, 9.17) is 10.5 Å². The molecule has 0 saturated carbocycles. The lowest BCUT2D eigenvalue weighted by Crippen LogP contribution is -2.62. The predicted molar refractivity (Wildman–Crippen MR) is 121 cm³/mol. The van der Waals surface area contributed by atoms with Crippen LogP contribution < -0.4 is 16.4 Å². The number of aliphatic carboxylic acids is 1. The summed E-state index contributed by atoms with van der Waals surface area (Å²) < 4.78 is 7.17. The third-order valence-electron chi connectivity index (χ3n) is 5.30. The van der Waals surface area contributed by atoms with Crippen LogP contribution in [0, 0.1) is 0 Å². The van der Waals surface area contributed by atoms with Gasteiger partial charge in [-0.25, -0.2) is 4.79 Å². The molecule has 1 heterocycles. The molecule has 1 aliphatic heterocycles. The van der Waals surface area contributed by atoms with Crippen LogP contribution in [0.2, 0.25) is 0 Å². The van der Waals surface area contributed by atoms with Crippen molar-refractivity contribution in [2.24, 2.45) is 5.73 Å². The second-order valence-electron chi connectivity index (χ2n) is 7.24. The van der Waals surface area contributed by atoms with E-state index in [1.807, 2.05) is 24.3 Å². The van der Waals surface area contributed by atoms with E-state index in [0.29, 0.717) is 5.56 Å². The SMILES string of the molecule is CC[C@H](NC(=O)[C@@H](c1ccccc1)N1Sc2ccccc2NCC1(OC)C(N)=O)C(=O)O. The van der Waals surface area contributed by atoms with E-state index < -0.39 is 35.6 Å². The minimum Gasteiger partial charge on any atom is -0.480 e. The Morgan fingerprint density at radius 3 is 2.47 bits per heavy atom. The third-order valence-corrected chi connectivity index (χ3v) is 6.56. The van der Waals surface area contributed by atoms with Gasteiger partial charge in [0.15, 0.2) is 0 Å². The number of nitrogens with two attached hydrogens (primary N) is 1. The monoisotopic (exact) mass is 458 g/mol. The number of fused-ring (bicyclic) bond motifs is 1. The highest BCUT2D eigenvalue weighted by Crippen LogP contribution is 2.44. The number of methoxy groups -OCH3 is 1. The van der Waals surface area contributed by atoms with Gasteiger partial charge in [-0.2, -0.15) is 4.31 Å². The molecule has 170 valence electrons. The number of amides is 2. The normalized spacial score (nSPS) is 20.2. The van der Waals surface area contributed by atoms with Crippen LogP contribution in [-0.4, -0.2) is 52.6 Å². The van der Waals surface area contributed by atoms with Crippen molar-refractivity contribution in [3.8, 4) is 0 Å². The molecule has 0 bridgehead atoms. The molecule has 0 radical (unpaired) electrons. The first kappa shape index (κ1) is 23.6. The highest BCUT2D eigenvalue weighted by atomic mass is 32.2. The topological polar surface area (TPSA) is 134 Å². The number of nitrogens with one attached hydrogen (secondary N) is 2. The molecule has 0 aromatic heterocycles. The van der Waals surface area contributed by atoms with Gasteiger partial charge in [-0.05, 0) is 36.1 Å². The van der Waals surface area contributed by atoms with Gasteiger partial charge in [0.2, 0.25) is 11.6 Å². The van der Waals surface area contributed by atoms with Crippen LogP contribution in [0.4, 0.5) is 5.69 Å². The molecule has 0 spiro atoms. The molecule has 3 atom stereocenters. The van der Waals surface area contributed by atoms with E-state index in [9.17, 15) is 19.5 Å². The largest absolute Gasteiger partial charge is 0.480 e. The van der Waals surface area contributed by atoms with Crippen LogP contribution in [-0.2, 0) is 19.1 Å². The summed E-state index contributed by atoms with van der Waals surface area (Å²) in [5, 5.41) is 15.2. The molecule has 1 unspecified atom stereocenters. The van der Waals surface area contributed by atoms with E-state index in [-0.39, 0.29) is 13.0 Å². The molecular weight excluding hydrogens is 432 g/mol. The zero-order valence-electron chi connectivity index (χ0n) is 17.8. The van der Waals surface area contributed by atoms with E-state index in [0.717, 1.165) is 22.5 Å². The predicted octanol–water partition coefficient (Wildman–Crippen LogP) is 1.97. The maximum absolute atomic E-state index is 13.5. The van der Waals surface area contributed by atoms with Gasteiger partial charge in [-0.3, -0.25) is 9.59 Å². The van der Waals surface area contributed by atoms with Crippen molar-refractivity contribution in [3.63, 3.8) is 0 Å². The number of anilines is 1. The first-order valence-corrected chi connectivity index (χ1v) is 10.8. The Hall–Kier alpha value is -3.08. The molecule has 3 rings (SSSR count). The highest BCUT2D eigenvalue weighted by molar-refractivity contribution is 7.97. The lowest BCUT2D eigenvalue weighted by molar-refractivity contribution is -0.159. The van der Waals surface area contributed by atoms with E-state index >= 15 is 0 Å². The third kappa shape index (κ3) is 4.57.